The number of hydrogen-bond donors (Lipinski definition) is 1. The van der Waals surface area contributed by atoms with Crippen LogP contribution in [-0.4, -0.2) is 41.6 Å². The van der Waals surface area contributed by atoms with Crippen molar-refractivity contribution in [3.8, 4) is 0 Å². The number of nitrogens with two attached hydrogens (primary N) is 1. The summed E-state index contributed by atoms with van der Waals surface area (Å²) in [6.45, 7) is 10.7. The minimum Gasteiger partial charge on any atom is -0.364 e. The van der Waals surface area contributed by atoms with E-state index in [-0.39, 0.29) is 0 Å². The van der Waals surface area contributed by atoms with Crippen molar-refractivity contribution in [1.82, 2.24) is 9.88 Å². The molecule has 1 aliphatic rings. The molecule has 2 heterocycles. The average molecular weight is 381 g/mol. The third kappa shape index (κ3) is 5.12. The first kappa shape index (κ1) is 20.8. The molecule has 0 aliphatic carbocycles. The van der Waals surface area contributed by atoms with Gasteiger partial charge in [-0.1, -0.05) is 19.1 Å². The van der Waals surface area contributed by atoms with Crippen LogP contribution in [0.2, 0.25) is 0 Å². The van der Waals surface area contributed by atoms with Gasteiger partial charge in [0.25, 0.3) is 0 Å². The van der Waals surface area contributed by atoms with Crippen LogP contribution >= 0.6 is 0 Å². The summed E-state index contributed by atoms with van der Waals surface area (Å²) in [6, 6.07) is 12.4. The average Bonchev–Trinajstić information content (AvgIpc) is 2.74. The second-order valence-electron chi connectivity index (χ2n) is 8.14. The number of aromatic nitrogens is 1. The van der Waals surface area contributed by atoms with Crippen molar-refractivity contribution in [1.29, 1.82) is 0 Å². The van der Waals surface area contributed by atoms with Crippen molar-refractivity contribution >= 4 is 5.69 Å². The van der Waals surface area contributed by atoms with Crippen LogP contribution < -0.4 is 10.6 Å². The van der Waals surface area contributed by atoms with Crippen LogP contribution in [0.15, 0.2) is 42.7 Å². The molecule has 1 unspecified atom stereocenters. The lowest BCUT2D eigenvalue weighted by atomic mass is 9.98. The Morgan fingerprint density at radius 2 is 1.89 bits per heavy atom. The van der Waals surface area contributed by atoms with E-state index in [4.69, 9.17) is 5.73 Å². The van der Waals surface area contributed by atoms with Gasteiger partial charge in [0.2, 0.25) is 0 Å². The van der Waals surface area contributed by atoms with Gasteiger partial charge in [-0.25, -0.2) is 0 Å². The van der Waals surface area contributed by atoms with Crippen molar-refractivity contribution in [3.63, 3.8) is 0 Å². The van der Waals surface area contributed by atoms with Crippen LogP contribution in [0.1, 0.15) is 49.8 Å². The lowest BCUT2D eigenvalue weighted by molar-refractivity contribution is 0.154. The van der Waals surface area contributed by atoms with Gasteiger partial charge in [0.05, 0.1) is 0 Å². The lowest BCUT2D eigenvalue weighted by Crippen LogP contribution is -2.47. The molecule has 1 aromatic carbocycles. The number of pyridine rings is 1. The third-order valence-electron chi connectivity index (χ3n) is 6.31. The zero-order chi connectivity index (χ0) is 19.9. The highest BCUT2D eigenvalue weighted by Crippen LogP contribution is 2.28. The molecular formula is C24H36N4. The predicted octanol–water partition coefficient (Wildman–Crippen LogP) is 4.16. The van der Waals surface area contributed by atoms with Crippen LogP contribution in [0.4, 0.5) is 5.69 Å². The molecule has 0 amide bonds. The van der Waals surface area contributed by atoms with Gasteiger partial charge in [0, 0.05) is 49.8 Å². The van der Waals surface area contributed by atoms with E-state index in [9.17, 15) is 0 Å². The van der Waals surface area contributed by atoms with Gasteiger partial charge < -0.3 is 15.5 Å². The number of likely N-dealkylation sites (tertiary alicyclic amines) is 1. The van der Waals surface area contributed by atoms with E-state index >= 15 is 0 Å². The van der Waals surface area contributed by atoms with Crippen molar-refractivity contribution in [2.24, 2.45) is 5.73 Å². The molecule has 1 fully saturated rings. The van der Waals surface area contributed by atoms with Gasteiger partial charge >= 0.3 is 0 Å². The highest BCUT2D eigenvalue weighted by Gasteiger charge is 2.27. The number of rotatable bonds is 8. The normalized spacial score (nSPS) is 16.9. The number of nitrogens with zero attached hydrogens (tertiary/aromatic N) is 3. The second kappa shape index (κ2) is 10.0. The number of benzene rings is 1. The summed E-state index contributed by atoms with van der Waals surface area (Å²) >= 11 is 0. The van der Waals surface area contributed by atoms with E-state index < -0.39 is 0 Å². The fraction of sp³-hybridized carbons (Fsp3) is 0.542. The maximum atomic E-state index is 5.77. The molecule has 0 spiro atoms. The zero-order valence-corrected chi connectivity index (χ0v) is 17.8. The number of piperidine rings is 1. The molecule has 0 saturated carbocycles. The fourth-order valence-electron chi connectivity index (χ4n) is 4.26. The molecule has 4 nitrogen and oxygen atoms in total. The molecule has 1 atom stereocenters. The number of anilines is 1. The molecule has 2 N–H and O–H groups in total. The maximum absolute atomic E-state index is 5.77. The van der Waals surface area contributed by atoms with E-state index in [0.29, 0.717) is 12.1 Å². The Hall–Kier alpha value is -1.91. The van der Waals surface area contributed by atoms with E-state index in [0.717, 1.165) is 39.0 Å². The first-order chi connectivity index (χ1) is 13.6. The Morgan fingerprint density at radius 3 is 2.50 bits per heavy atom. The van der Waals surface area contributed by atoms with Crippen molar-refractivity contribution in [3.05, 3.63) is 59.4 Å². The molecule has 1 saturated heterocycles. The topological polar surface area (TPSA) is 45.4 Å². The molecule has 0 radical (unpaired) electrons. The SMILES string of the molecule is CCc1ccc(N(Cc2cnccc2C)C2CCN(C(C)CCN)CC2)cc1. The highest BCUT2D eigenvalue weighted by molar-refractivity contribution is 5.49. The van der Waals surface area contributed by atoms with Crippen molar-refractivity contribution in [2.75, 3.05) is 24.5 Å². The Balaban J connectivity index is 1.77. The molecule has 3 rings (SSSR count). The van der Waals surface area contributed by atoms with Crippen molar-refractivity contribution in [2.45, 2.75) is 65.1 Å². The maximum Gasteiger partial charge on any atom is 0.0450 e. The highest BCUT2D eigenvalue weighted by atomic mass is 15.2. The molecule has 28 heavy (non-hydrogen) atoms. The Bertz CT molecular complexity index is 720. The summed E-state index contributed by atoms with van der Waals surface area (Å²) in [4.78, 5) is 9.59. The van der Waals surface area contributed by atoms with E-state index in [1.807, 2.05) is 12.4 Å². The molecule has 4 heteroatoms. The minimum absolute atomic E-state index is 0.563. The molecule has 0 bridgehead atoms. The molecule has 152 valence electrons. The smallest absolute Gasteiger partial charge is 0.0450 e. The number of aryl methyl sites for hydroxylation is 2. The zero-order valence-electron chi connectivity index (χ0n) is 17.8. The minimum atomic E-state index is 0.563. The Labute approximate surface area is 170 Å². The second-order valence-corrected chi connectivity index (χ2v) is 8.14. The summed E-state index contributed by atoms with van der Waals surface area (Å²) in [7, 11) is 0. The summed E-state index contributed by atoms with van der Waals surface area (Å²) in [5.41, 5.74) is 11.1. The molecule has 2 aromatic rings. The van der Waals surface area contributed by atoms with Crippen molar-refractivity contribution < 1.29 is 0 Å². The summed E-state index contributed by atoms with van der Waals surface area (Å²) < 4.78 is 0. The number of hydrogen-bond acceptors (Lipinski definition) is 4. The Morgan fingerprint density at radius 1 is 1.18 bits per heavy atom. The van der Waals surface area contributed by atoms with Gasteiger partial charge in [0.1, 0.15) is 0 Å². The molecule has 1 aromatic heterocycles. The van der Waals surface area contributed by atoms with E-state index in [2.05, 4.69) is 65.9 Å². The Kier molecular flexibility index (Phi) is 7.46. The summed E-state index contributed by atoms with van der Waals surface area (Å²) in [5.74, 6) is 0. The van der Waals surface area contributed by atoms with E-state index in [1.54, 1.807) is 0 Å². The van der Waals surface area contributed by atoms with Gasteiger partial charge in [-0.3, -0.25) is 4.98 Å². The third-order valence-corrected chi connectivity index (χ3v) is 6.31. The first-order valence-corrected chi connectivity index (χ1v) is 10.8. The lowest BCUT2D eigenvalue weighted by Gasteiger charge is -2.42. The molecular weight excluding hydrogens is 344 g/mol. The fourth-order valence-corrected chi connectivity index (χ4v) is 4.26. The van der Waals surface area contributed by atoms with Gasteiger partial charge in [0.15, 0.2) is 0 Å². The largest absolute Gasteiger partial charge is 0.364 e. The predicted molar refractivity (Wildman–Crippen MR) is 119 cm³/mol. The quantitative estimate of drug-likeness (QED) is 0.747. The van der Waals surface area contributed by atoms with Crippen LogP contribution in [0.3, 0.4) is 0 Å². The molecule has 1 aliphatic heterocycles. The van der Waals surface area contributed by atoms with Crippen LogP contribution in [0, 0.1) is 6.92 Å². The van der Waals surface area contributed by atoms with Gasteiger partial charge in [-0.2, -0.15) is 0 Å². The standard InChI is InChI=1S/C24H36N4/c1-4-21-5-7-23(8-6-21)28(18-22-17-26-14-10-19(22)2)24-11-15-27(16-12-24)20(3)9-13-25/h5-8,10,14,17,20,24H,4,9,11-13,15-16,18,25H2,1-3H3. The van der Waals surface area contributed by atoms with E-state index in [1.165, 1.54) is 35.2 Å². The monoisotopic (exact) mass is 380 g/mol. The summed E-state index contributed by atoms with van der Waals surface area (Å²) in [6.07, 6.45) is 8.48. The van der Waals surface area contributed by atoms with Crippen LogP contribution in [0.5, 0.6) is 0 Å². The van der Waals surface area contributed by atoms with Crippen LogP contribution in [-0.2, 0) is 13.0 Å². The van der Waals surface area contributed by atoms with Gasteiger partial charge in [-0.15, -0.1) is 0 Å². The summed E-state index contributed by atoms with van der Waals surface area (Å²) in [5, 5.41) is 0. The van der Waals surface area contributed by atoms with Gasteiger partial charge in [-0.05, 0) is 81.0 Å². The first-order valence-electron chi connectivity index (χ1n) is 10.8. The van der Waals surface area contributed by atoms with Crippen LogP contribution in [0.25, 0.3) is 0 Å².